The summed E-state index contributed by atoms with van der Waals surface area (Å²) in [5.74, 6) is -2.41. The third-order valence-electron chi connectivity index (χ3n) is 1.33. The minimum absolute atomic E-state index is 0.346. The van der Waals surface area contributed by atoms with Crippen molar-refractivity contribution < 1.29 is 27.6 Å². The summed E-state index contributed by atoms with van der Waals surface area (Å²) in [5, 5.41) is 8.83. The Morgan fingerprint density at radius 3 is 3.00 bits per heavy atom. The van der Waals surface area contributed by atoms with E-state index in [1.165, 1.54) is 0 Å². The van der Waals surface area contributed by atoms with Crippen molar-refractivity contribution >= 4 is 5.97 Å². The lowest BCUT2D eigenvalue weighted by Crippen LogP contribution is -1.98. The first kappa shape index (κ1) is 4.00. The van der Waals surface area contributed by atoms with Crippen LogP contribution < -0.4 is 9.47 Å². The third-order valence-corrected chi connectivity index (χ3v) is 1.33. The molecule has 1 aromatic rings. The molecule has 0 fully saturated rings. The Kier molecular flexibility index (Phi) is 1.17. The average molecular weight is 188 g/mol. The van der Waals surface area contributed by atoms with Crippen molar-refractivity contribution in [1.29, 1.82) is 0 Å². The van der Waals surface area contributed by atoms with Crippen LogP contribution >= 0.6 is 0 Å². The number of carbonyl (C=O) groups is 1. The fourth-order valence-corrected chi connectivity index (χ4v) is 0.754. The van der Waals surface area contributed by atoms with Crippen molar-refractivity contribution in [2.45, 2.75) is 0 Å². The maximum Gasteiger partial charge on any atom is 0.335 e. The zero-order valence-corrected chi connectivity index (χ0v) is 6.40. The molecule has 0 aliphatic rings. The fourth-order valence-electron chi connectivity index (χ4n) is 0.754. The average Bonchev–Trinajstić information content (AvgIpc) is 2.20. The van der Waals surface area contributed by atoms with Gasteiger partial charge in [0.05, 0.1) is 27.9 Å². The molecule has 1 N–H and O–H groups in total. The van der Waals surface area contributed by atoms with Gasteiger partial charge in [0.15, 0.2) is 11.5 Å². The molecule has 1 rings (SSSR count). The first-order valence-electron chi connectivity index (χ1n) is 6.34. The highest BCUT2D eigenvalue weighted by molar-refractivity contribution is 5.88. The van der Waals surface area contributed by atoms with Crippen molar-refractivity contribution in [3.63, 3.8) is 0 Å². The van der Waals surface area contributed by atoms with Crippen molar-refractivity contribution in [1.82, 2.24) is 0 Å². The molecule has 4 nitrogen and oxygen atoms in total. The van der Waals surface area contributed by atoms with Crippen LogP contribution in [-0.4, -0.2) is 25.2 Å². The molecule has 0 bridgehead atoms. The number of methoxy groups -OCH3 is 2. The molecule has 70 valence electrons. The predicted molar refractivity (Wildman–Crippen MR) is 46.5 cm³/mol. The van der Waals surface area contributed by atoms with Crippen LogP contribution in [0, 0.1) is 0 Å². The third kappa shape index (κ3) is 1.90. The Morgan fingerprint density at radius 2 is 2.38 bits per heavy atom. The molecule has 0 aliphatic carbocycles. The van der Waals surface area contributed by atoms with Gasteiger partial charge in [0.1, 0.15) is 0 Å². The van der Waals surface area contributed by atoms with Crippen molar-refractivity contribution in [3.8, 4) is 11.5 Å². The number of ether oxygens (including phenoxy) is 2. The van der Waals surface area contributed by atoms with E-state index >= 15 is 0 Å². The van der Waals surface area contributed by atoms with Gasteiger partial charge in [-0.15, -0.1) is 0 Å². The topological polar surface area (TPSA) is 55.8 Å². The molecule has 0 saturated heterocycles. The molecule has 0 unspecified atom stereocenters. The van der Waals surface area contributed by atoms with Crippen LogP contribution in [0.15, 0.2) is 18.2 Å². The summed E-state index contributed by atoms with van der Waals surface area (Å²) >= 11 is 0. The van der Waals surface area contributed by atoms with Crippen LogP contribution in [0.3, 0.4) is 0 Å². The highest BCUT2D eigenvalue weighted by atomic mass is 16.5. The van der Waals surface area contributed by atoms with E-state index in [1.54, 1.807) is 0 Å². The first-order chi connectivity index (χ1) is 8.61. The summed E-state index contributed by atoms with van der Waals surface area (Å²) in [4.78, 5) is 10.8. The van der Waals surface area contributed by atoms with E-state index < -0.39 is 37.4 Å². The van der Waals surface area contributed by atoms with Crippen LogP contribution in [0.5, 0.6) is 11.5 Å². The van der Waals surface area contributed by atoms with Crippen LogP contribution in [0.4, 0.5) is 0 Å². The minimum atomic E-state index is -2.91. The normalized spacial score (nSPS) is 17.3. The van der Waals surface area contributed by atoms with Gasteiger partial charge in [0.2, 0.25) is 0 Å². The largest absolute Gasteiger partial charge is 0.493 e. The molecular formula is C9H10O4. The molecule has 0 saturated carbocycles. The standard InChI is InChI=1S/C9H10O4/c1-12-7-4-3-6(9(10)11)5-8(7)13-2/h3-5H,1-2H3,(H,10,11)/i1D2,2D3,5D. The van der Waals surface area contributed by atoms with E-state index in [4.69, 9.17) is 13.3 Å². The van der Waals surface area contributed by atoms with Crippen LogP contribution in [0.1, 0.15) is 18.6 Å². The smallest absolute Gasteiger partial charge is 0.335 e. The highest BCUT2D eigenvalue weighted by Crippen LogP contribution is 2.27. The molecule has 0 amide bonds. The molecule has 1 aromatic carbocycles. The first-order valence-corrected chi connectivity index (χ1v) is 3.19. The highest BCUT2D eigenvalue weighted by Gasteiger charge is 2.08. The lowest BCUT2D eigenvalue weighted by Gasteiger charge is -2.07. The van der Waals surface area contributed by atoms with Gasteiger partial charge in [-0.1, -0.05) is 0 Å². The Balaban J connectivity index is 3.33. The van der Waals surface area contributed by atoms with Crippen LogP contribution in [0.25, 0.3) is 0 Å². The maximum absolute atomic E-state index is 10.8. The number of benzene rings is 1. The fraction of sp³-hybridized carbons (Fsp3) is 0.222. The monoisotopic (exact) mass is 188 g/mol. The Bertz CT molecular complexity index is 484. The molecule has 0 spiro atoms. The molecule has 13 heavy (non-hydrogen) atoms. The second-order valence-corrected chi connectivity index (χ2v) is 2.09. The number of aromatic carboxylic acids is 1. The second kappa shape index (κ2) is 3.80. The van der Waals surface area contributed by atoms with Gasteiger partial charge >= 0.3 is 5.97 Å². The summed E-state index contributed by atoms with van der Waals surface area (Å²) in [6, 6.07) is 1.36. The summed E-state index contributed by atoms with van der Waals surface area (Å²) in [5.41, 5.74) is -0.474. The SMILES string of the molecule is [2H]c1c(C(=O)O)ccc(OC([2H])[2H])c1OC([2H])([2H])[2H]. The number of carboxylic acid groups (broad SMARTS) is 1. The van der Waals surface area contributed by atoms with E-state index in [-0.39, 0.29) is 5.75 Å². The summed E-state index contributed by atoms with van der Waals surface area (Å²) in [6.45, 7) is 0. The van der Waals surface area contributed by atoms with Crippen molar-refractivity contribution in [3.05, 3.63) is 23.7 Å². The number of carboxylic acids is 1. The quantitative estimate of drug-likeness (QED) is 0.779. The van der Waals surface area contributed by atoms with Crippen LogP contribution in [0.2, 0.25) is 0 Å². The molecule has 0 aromatic heterocycles. The number of rotatable bonds is 3. The Labute approximate surface area is 84.1 Å². The van der Waals surface area contributed by atoms with Crippen molar-refractivity contribution in [2.24, 2.45) is 0 Å². The molecule has 0 radical (unpaired) electrons. The van der Waals surface area contributed by atoms with E-state index in [0.717, 1.165) is 12.1 Å². The van der Waals surface area contributed by atoms with Gasteiger partial charge in [-0.25, -0.2) is 4.79 Å². The Morgan fingerprint density at radius 1 is 1.54 bits per heavy atom. The maximum atomic E-state index is 10.8. The summed E-state index contributed by atoms with van der Waals surface area (Å²) in [7, 11) is -4.68. The molecular weight excluding hydrogens is 172 g/mol. The van der Waals surface area contributed by atoms with Gasteiger partial charge in [-0.05, 0) is 18.2 Å². The van der Waals surface area contributed by atoms with Gasteiger partial charge in [-0.2, -0.15) is 0 Å². The lowest BCUT2D eigenvalue weighted by molar-refractivity contribution is 0.0696. The number of hydrogen-bond donors (Lipinski definition) is 1. The Hall–Kier alpha value is -1.71. The van der Waals surface area contributed by atoms with Gasteiger partial charge < -0.3 is 14.6 Å². The molecule has 0 aliphatic heterocycles. The molecule has 0 heterocycles. The van der Waals surface area contributed by atoms with E-state index in [0.29, 0.717) is 0 Å². The second-order valence-electron chi connectivity index (χ2n) is 2.09. The zero-order valence-electron chi connectivity index (χ0n) is 12.4. The van der Waals surface area contributed by atoms with E-state index in [2.05, 4.69) is 9.47 Å². The van der Waals surface area contributed by atoms with Gasteiger partial charge in [-0.3, -0.25) is 0 Å². The summed E-state index contributed by atoms with van der Waals surface area (Å²) < 4.78 is 51.5. The van der Waals surface area contributed by atoms with E-state index in [1.807, 2.05) is 0 Å². The number of hydrogen-bond acceptors (Lipinski definition) is 3. The summed E-state index contributed by atoms with van der Waals surface area (Å²) in [6.07, 6.45) is 0. The van der Waals surface area contributed by atoms with Crippen molar-refractivity contribution in [2.75, 3.05) is 14.1 Å². The predicted octanol–water partition coefficient (Wildman–Crippen LogP) is 1.40. The minimum Gasteiger partial charge on any atom is -0.493 e. The zero-order chi connectivity index (χ0) is 14.8. The van der Waals surface area contributed by atoms with Gasteiger partial charge in [0, 0.05) is 0 Å². The van der Waals surface area contributed by atoms with Gasteiger partial charge in [0.25, 0.3) is 0 Å². The lowest BCUT2D eigenvalue weighted by atomic mass is 10.2. The van der Waals surface area contributed by atoms with Crippen LogP contribution in [-0.2, 0) is 0 Å². The van der Waals surface area contributed by atoms with E-state index in [9.17, 15) is 4.79 Å². The molecule has 4 heteroatoms. The molecule has 0 atom stereocenters.